The van der Waals surface area contributed by atoms with E-state index in [1.165, 1.54) is 0 Å². The lowest BCUT2D eigenvalue weighted by Crippen LogP contribution is -2.32. The lowest BCUT2D eigenvalue weighted by atomic mass is 10.1. The van der Waals surface area contributed by atoms with Crippen molar-refractivity contribution >= 4 is 35.1 Å². The van der Waals surface area contributed by atoms with Crippen molar-refractivity contribution in [3.05, 3.63) is 26.6 Å². The number of aliphatic carboxylic acids is 2. The van der Waals surface area contributed by atoms with E-state index < -0.39 is 30.0 Å². The molecule has 1 aromatic heterocycles. The predicted molar refractivity (Wildman–Crippen MR) is 62.1 cm³/mol. The number of nitrogens with zero attached hydrogens (tertiary/aromatic N) is 2. The van der Waals surface area contributed by atoms with Crippen LogP contribution in [0, 0.1) is 0 Å². The molecule has 0 amide bonds. The minimum Gasteiger partial charge on any atom is -0.481 e. The molecule has 1 rings (SSSR count). The van der Waals surface area contributed by atoms with Gasteiger partial charge >= 0.3 is 11.9 Å². The van der Waals surface area contributed by atoms with E-state index in [0.29, 0.717) is 4.68 Å². The minimum atomic E-state index is -1.40. The van der Waals surface area contributed by atoms with Crippen LogP contribution in [0.1, 0.15) is 18.9 Å². The summed E-state index contributed by atoms with van der Waals surface area (Å²) in [5, 5.41) is 20.6. The number of carbonyl (C=O) groups is 2. The third-order valence-electron chi connectivity index (χ3n) is 2.11. The van der Waals surface area contributed by atoms with Gasteiger partial charge in [-0.3, -0.25) is 9.59 Å². The molecule has 7 nitrogen and oxygen atoms in total. The van der Waals surface area contributed by atoms with E-state index in [0.717, 1.165) is 6.20 Å². The van der Waals surface area contributed by atoms with Gasteiger partial charge in [-0.1, -0.05) is 23.2 Å². The summed E-state index contributed by atoms with van der Waals surface area (Å²) in [6.07, 6.45) is 0.336. The second-order valence-electron chi connectivity index (χ2n) is 3.34. The molecule has 0 aliphatic carbocycles. The van der Waals surface area contributed by atoms with Crippen LogP contribution in [-0.2, 0) is 9.59 Å². The molecule has 0 aromatic carbocycles. The highest BCUT2D eigenvalue weighted by atomic mass is 35.5. The predicted octanol–water partition coefficient (Wildman–Crippen LogP) is 1.04. The fourth-order valence-electron chi connectivity index (χ4n) is 1.26. The molecule has 1 aromatic rings. The quantitative estimate of drug-likeness (QED) is 0.840. The molecule has 0 bridgehead atoms. The van der Waals surface area contributed by atoms with Crippen LogP contribution in [-0.4, -0.2) is 31.9 Å². The van der Waals surface area contributed by atoms with Gasteiger partial charge in [0.2, 0.25) is 0 Å². The average Bonchev–Trinajstić information content (AvgIpc) is 2.28. The van der Waals surface area contributed by atoms with Gasteiger partial charge < -0.3 is 10.2 Å². The Kier molecular flexibility index (Phi) is 4.69. The molecule has 98 valence electrons. The summed E-state index contributed by atoms with van der Waals surface area (Å²) in [5.41, 5.74) is -0.873. The molecule has 0 spiro atoms. The number of hydrogen-bond donors (Lipinski definition) is 2. The second kappa shape index (κ2) is 5.83. The smallest absolute Gasteiger partial charge is 0.328 e. The summed E-state index contributed by atoms with van der Waals surface area (Å²) in [6.45, 7) is 0. The lowest BCUT2D eigenvalue weighted by molar-refractivity contribution is -0.142. The molecule has 1 atom stereocenters. The van der Waals surface area contributed by atoms with Gasteiger partial charge in [-0.2, -0.15) is 5.10 Å². The van der Waals surface area contributed by atoms with Gasteiger partial charge in [-0.25, -0.2) is 9.48 Å². The Morgan fingerprint density at radius 3 is 2.50 bits per heavy atom. The maximum atomic E-state index is 11.7. The van der Waals surface area contributed by atoms with Crippen LogP contribution in [0.25, 0.3) is 0 Å². The zero-order valence-corrected chi connectivity index (χ0v) is 10.4. The fraction of sp³-hybridized carbons (Fsp3) is 0.333. The van der Waals surface area contributed by atoms with Crippen LogP contribution in [0.5, 0.6) is 0 Å². The number of rotatable bonds is 5. The third kappa shape index (κ3) is 3.21. The van der Waals surface area contributed by atoms with Gasteiger partial charge in [0.1, 0.15) is 5.02 Å². The molecule has 0 aliphatic heterocycles. The first kappa shape index (κ1) is 14.5. The van der Waals surface area contributed by atoms with Crippen LogP contribution in [0.3, 0.4) is 0 Å². The Hall–Kier alpha value is -1.60. The van der Waals surface area contributed by atoms with Crippen LogP contribution in [0.4, 0.5) is 0 Å². The van der Waals surface area contributed by atoms with E-state index in [4.69, 9.17) is 33.4 Å². The summed E-state index contributed by atoms with van der Waals surface area (Å²) in [6, 6.07) is -1.40. The van der Waals surface area contributed by atoms with Crippen LogP contribution in [0.15, 0.2) is 11.0 Å². The maximum Gasteiger partial charge on any atom is 0.328 e. The summed E-state index contributed by atoms with van der Waals surface area (Å²) in [5.74, 6) is -2.54. The van der Waals surface area contributed by atoms with Crippen molar-refractivity contribution in [1.29, 1.82) is 0 Å². The number of hydrogen-bond acceptors (Lipinski definition) is 4. The summed E-state index contributed by atoms with van der Waals surface area (Å²) < 4.78 is 0.611. The molecule has 0 radical (unpaired) electrons. The Bertz CT molecular complexity index is 542. The second-order valence-corrected chi connectivity index (χ2v) is 4.13. The fourth-order valence-corrected chi connectivity index (χ4v) is 1.52. The van der Waals surface area contributed by atoms with Crippen molar-refractivity contribution in [3.63, 3.8) is 0 Å². The monoisotopic (exact) mass is 294 g/mol. The van der Waals surface area contributed by atoms with E-state index in [1.54, 1.807) is 0 Å². The molecule has 0 saturated heterocycles. The van der Waals surface area contributed by atoms with Crippen LogP contribution >= 0.6 is 23.2 Å². The zero-order valence-electron chi connectivity index (χ0n) is 8.84. The molecule has 1 unspecified atom stereocenters. The highest BCUT2D eigenvalue weighted by Gasteiger charge is 2.24. The largest absolute Gasteiger partial charge is 0.481 e. The molecule has 0 fully saturated rings. The van der Waals surface area contributed by atoms with E-state index >= 15 is 0 Å². The SMILES string of the molecule is O=C(O)CCC(C(=O)O)n1ncc(Cl)c(Cl)c1=O. The minimum absolute atomic E-state index is 0.0970. The van der Waals surface area contributed by atoms with Gasteiger partial charge in [-0.15, -0.1) is 0 Å². The van der Waals surface area contributed by atoms with E-state index in [1.807, 2.05) is 0 Å². The Morgan fingerprint density at radius 2 is 2.00 bits per heavy atom. The molecule has 9 heteroatoms. The Morgan fingerprint density at radius 1 is 1.39 bits per heavy atom. The molecule has 0 saturated carbocycles. The van der Waals surface area contributed by atoms with Crippen molar-refractivity contribution in [2.75, 3.05) is 0 Å². The first-order valence-corrected chi connectivity index (χ1v) is 5.47. The van der Waals surface area contributed by atoms with E-state index in [2.05, 4.69) is 5.10 Å². The van der Waals surface area contributed by atoms with Crippen molar-refractivity contribution in [3.8, 4) is 0 Å². The van der Waals surface area contributed by atoms with Crippen molar-refractivity contribution in [1.82, 2.24) is 9.78 Å². The van der Waals surface area contributed by atoms with Gasteiger partial charge in [-0.05, 0) is 6.42 Å². The number of carboxylic acids is 2. The Labute approximate surface area is 111 Å². The highest BCUT2D eigenvalue weighted by molar-refractivity contribution is 6.41. The Balaban J connectivity index is 3.15. The molecule has 1 heterocycles. The standard InChI is InChI=1S/C9H8Cl2N2O5/c10-4-3-12-13(8(16)7(4)11)5(9(17)18)1-2-6(14)15/h3,5H,1-2H2,(H,14,15)(H,17,18). The topological polar surface area (TPSA) is 109 Å². The zero-order chi connectivity index (χ0) is 13.9. The van der Waals surface area contributed by atoms with E-state index in [-0.39, 0.29) is 16.5 Å². The van der Waals surface area contributed by atoms with Gasteiger partial charge in [0.15, 0.2) is 6.04 Å². The normalized spacial score (nSPS) is 12.1. The number of carboxylic acid groups (broad SMARTS) is 2. The van der Waals surface area contributed by atoms with Crippen molar-refractivity contribution in [2.24, 2.45) is 0 Å². The summed E-state index contributed by atoms with van der Waals surface area (Å²) in [4.78, 5) is 33.1. The van der Waals surface area contributed by atoms with Crippen LogP contribution in [0.2, 0.25) is 10.0 Å². The highest BCUT2D eigenvalue weighted by Crippen LogP contribution is 2.18. The third-order valence-corrected chi connectivity index (χ3v) is 2.86. The van der Waals surface area contributed by atoms with Gasteiger partial charge in [0.25, 0.3) is 5.56 Å². The number of halogens is 2. The summed E-state index contributed by atoms with van der Waals surface area (Å²) >= 11 is 11.1. The lowest BCUT2D eigenvalue weighted by Gasteiger charge is -2.13. The van der Waals surface area contributed by atoms with Gasteiger partial charge in [0.05, 0.1) is 11.2 Å². The molecule has 18 heavy (non-hydrogen) atoms. The average molecular weight is 295 g/mol. The first-order chi connectivity index (χ1) is 8.34. The molecular weight excluding hydrogens is 287 g/mol. The van der Waals surface area contributed by atoms with Crippen molar-refractivity contribution in [2.45, 2.75) is 18.9 Å². The maximum absolute atomic E-state index is 11.7. The molecular formula is C9H8Cl2N2O5. The van der Waals surface area contributed by atoms with E-state index in [9.17, 15) is 14.4 Å². The first-order valence-electron chi connectivity index (χ1n) is 4.72. The molecule has 0 aliphatic rings. The summed E-state index contributed by atoms with van der Waals surface area (Å²) in [7, 11) is 0. The van der Waals surface area contributed by atoms with Crippen LogP contribution < -0.4 is 5.56 Å². The van der Waals surface area contributed by atoms with Gasteiger partial charge in [0, 0.05) is 6.42 Å². The van der Waals surface area contributed by atoms with Crippen molar-refractivity contribution < 1.29 is 19.8 Å². The number of aromatic nitrogens is 2. The molecule has 2 N–H and O–H groups in total.